The second-order valence-electron chi connectivity index (χ2n) is 2.30. The third-order valence-corrected chi connectivity index (χ3v) is 1.69. The number of rotatable bonds is 1. The molecule has 0 fully saturated rings. The van der Waals surface area contributed by atoms with E-state index in [4.69, 9.17) is 17.3 Å². The van der Waals surface area contributed by atoms with Gasteiger partial charge in [-0.15, -0.1) is 0 Å². The summed E-state index contributed by atoms with van der Waals surface area (Å²) in [5.74, 6) is -0.0463. The van der Waals surface area contributed by atoms with Gasteiger partial charge in [-0.1, -0.05) is 11.6 Å². The first kappa shape index (κ1) is 11.5. The van der Waals surface area contributed by atoms with Crippen molar-refractivity contribution in [3.63, 3.8) is 0 Å². The minimum absolute atomic E-state index is 0. The molecule has 0 aliphatic carbocycles. The Morgan fingerprint density at radius 3 is 2.50 bits per heavy atom. The van der Waals surface area contributed by atoms with Crippen molar-refractivity contribution in [3.05, 3.63) is 28.8 Å². The Labute approximate surface area is 86.6 Å². The Hall–Kier alpha value is -0.501. The number of Topliss-reactive ketones (excluding diaryl/α,β-unsaturated/α-hetero) is 1. The first-order valence-corrected chi connectivity index (χ1v) is 3.55. The van der Waals surface area contributed by atoms with E-state index in [2.05, 4.69) is 0 Å². The van der Waals surface area contributed by atoms with Gasteiger partial charge in [-0.2, -0.15) is 0 Å². The zero-order chi connectivity index (χ0) is 8.43. The van der Waals surface area contributed by atoms with E-state index in [-0.39, 0.29) is 22.9 Å². The zero-order valence-corrected chi connectivity index (χ0v) is 8.31. The van der Waals surface area contributed by atoms with E-state index in [1.54, 1.807) is 18.2 Å². The molecule has 0 atom stereocenters. The Morgan fingerprint density at radius 1 is 1.50 bits per heavy atom. The number of hydrogen-bond acceptors (Lipinski definition) is 2. The molecule has 1 aromatic rings. The van der Waals surface area contributed by atoms with Gasteiger partial charge in [0.05, 0.1) is 5.02 Å². The summed E-state index contributed by atoms with van der Waals surface area (Å²) < 4.78 is 0. The van der Waals surface area contributed by atoms with Gasteiger partial charge in [0.2, 0.25) is 0 Å². The van der Waals surface area contributed by atoms with Gasteiger partial charge in [-0.3, -0.25) is 4.79 Å². The molecule has 0 aliphatic heterocycles. The number of carbonyl (C=O) groups excluding carboxylic acids is 1. The molecule has 2 N–H and O–H groups in total. The summed E-state index contributed by atoms with van der Waals surface area (Å²) in [5.41, 5.74) is 6.52. The van der Waals surface area contributed by atoms with Crippen LogP contribution >= 0.6 is 11.6 Å². The Balaban J connectivity index is 0.00000121. The predicted molar refractivity (Wildman–Crippen MR) is 45.9 cm³/mol. The molecule has 0 amide bonds. The molecule has 4 heteroatoms. The van der Waals surface area contributed by atoms with E-state index in [1.165, 1.54) is 6.92 Å². The van der Waals surface area contributed by atoms with E-state index < -0.39 is 0 Å². The van der Waals surface area contributed by atoms with E-state index in [9.17, 15) is 4.79 Å². The van der Waals surface area contributed by atoms with Crippen LogP contribution in [0.1, 0.15) is 17.3 Å². The summed E-state index contributed by atoms with van der Waals surface area (Å²) >= 11 is 5.72. The van der Waals surface area contributed by atoms with Crippen molar-refractivity contribution >= 4 is 23.1 Å². The van der Waals surface area contributed by atoms with E-state index >= 15 is 0 Å². The van der Waals surface area contributed by atoms with Crippen molar-refractivity contribution in [1.29, 1.82) is 0 Å². The molecule has 0 unspecified atom stereocenters. The van der Waals surface area contributed by atoms with Crippen LogP contribution in [0.4, 0.5) is 5.69 Å². The fraction of sp³-hybridized carbons (Fsp3) is 0.125. The van der Waals surface area contributed by atoms with Crippen molar-refractivity contribution in [2.24, 2.45) is 0 Å². The third kappa shape index (κ3) is 2.52. The monoisotopic (exact) mass is 225 g/mol. The largest absolute Gasteiger partial charge is 0.399 e. The average Bonchev–Trinajstić information content (AvgIpc) is 1.85. The second kappa shape index (κ2) is 4.51. The maximum atomic E-state index is 10.9. The first-order chi connectivity index (χ1) is 5.11. The number of hydrogen-bond donors (Lipinski definition) is 1. The Bertz CT molecular complexity index is 301. The summed E-state index contributed by atoms with van der Waals surface area (Å²) in [6.45, 7) is 1.47. The Morgan fingerprint density at radius 2 is 2.08 bits per heavy atom. The molecule has 0 bridgehead atoms. The van der Waals surface area contributed by atoms with Gasteiger partial charge in [0.25, 0.3) is 0 Å². The third-order valence-electron chi connectivity index (χ3n) is 1.37. The fourth-order valence-electron chi connectivity index (χ4n) is 0.817. The van der Waals surface area contributed by atoms with Gasteiger partial charge in [-0.05, 0) is 25.1 Å². The molecule has 0 saturated carbocycles. The SMILES string of the molecule is CC(=O)c1ccc(N)cc1Cl.[Fe]. The number of carbonyl (C=O) groups is 1. The van der Waals surface area contributed by atoms with Gasteiger partial charge in [0.1, 0.15) is 0 Å². The van der Waals surface area contributed by atoms with Crippen molar-refractivity contribution in [3.8, 4) is 0 Å². The second-order valence-corrected chi connectivity index (χ2v) is 2.70. The van der Waals surface area contributed by atoms with Gasteiger partial charge in [0, 0.05) is 28.3 Å². The van der Waals surface area contributed by atoms with Crippen LogP contribution in [0.25, 0.3) is 0 Å². The van der Waals surface area contributed by atoms with E-state index in [1.807, 2.05) is 0 Å². The summed E-state index contributed by atoms with van der Waals surface area (Å²) in [6.07, 6.45) is 0. The Kier molecular flexibility index (Phi) is 4.32. The van der Waals surface area contributed by atoms with Crippen molar-refractivity contribution < 1.29 is 21.9 Å². The van der Waals surface area contributed by atoms with Crippen LogP contribution in [0.3, 0.4) is 0 Å². The maximum Gasteiger partial charge on any atom is 0.161 e. The molecule has 12 heavy (non-hydrogen) atoms. The molecular weight excluding hydrogens is 217 g/mol. The molecule has 2 nitrogen and oxygen atoms in total. The molecule has 0 aromatic heterocycles. The smallest absolute Gasteiger partial charge is 0.161 e. The number of anilines is 1. The predicted octanol–water partition coefficient (Wildman–Crippen LogP) is 2.12. The molecule has 0 heterocycles. The number of nitrogens with two attached hydrogens (primary N) is 1. The van der Waals surface area contributed by atoms with Crippen molar-refractivity contribution in [2.75, 3.05) is 5.73 Å². The molecule has 0 aliphatic rings. The summed E-state index contributed by atoms with van der Waals surface area (Å²) in [4.78, 5) is 10.9. The first-order valence-electron chi connectivity index (χ1n) is 3.17. The van der Waals surface area contributed by atoms with Crippen LogP contribution in [-0.2, 0) is 17.1 Å². The quantitative estimate of drug-likeness (QED) is 0.452. The fourth-order valence-corrected chi connectivity index (χ4v) is 1.14. The average molecular weight is 225 g/mol. The zero-order valence-electron chi connectivity index (χ0n) is 6.45. The number of nitrogen functional groups attached to an aromatic ring is 1. The van der Waals surface area contributed by atoms with Crippen LogP contribution in [0.2, 0.25) is 5.02 Å². The van der Waals surface area contributed by atoms with Gasteiger partial charge in [0.15, 0.2) is 5.78 Å². The van der Waals surface area contributed by atoms with Crippen LogP contribution < -0.4 is 5.73 Å². The van der Waals surface area contributed by atoms with Crippen molar-refractivity contribution in [2.45, 2.75) is 6.92 Å². The number of halogens is 1. The molecule has 0 spiro atoms. The van der Waals surface area contributed by atoms with Crippen LogP contribution in [0.15, 0.2) is 18.2 Å². The van der Waals surface area contributed by atoms with E-state index in [0.717, 1.165) is 0 Å². The minimum atomic E-state index is -0.0463. The standard InChI is InChI=1S/C8H8ClNO.Fe/c1-5(11)7-3-2-6(10)4-8(7)9;/h2-4H,10H2,1H3;. The number of benzene rings is 1. The molecule has 66 valence electrons. The molecular formula is C8H8ClFeNO. The van der Waals surface area contributed by atoms with Crippen LogP contribution in [0.5, 0.6) is 0 Å². The minimum Gasteiger partial charge on any atom is -0.399 e. The van der Waals surface area contributed by atoms with Crippen LogP contribution in [-0.4, -0.2) is 5.78 Å². The molecule has 1 rings (SSSR count). The normalized spacial score (nSPS) is 8.83. The van der Waals surface area contributed by atoms with Gasteiger partial charge < -0.3 is 5.73 Å². The summed E-state index contributed by atoms with van der Waals surface area (Å²) in [5, 5.41) is 0.414. The molecule has 0 radical (unpaired) electrons. The van der Waals surface area contributed by atoms with Crippen LogP contribution in [0, 0.1) is 0 Å². The summed E-state index contributed by atoms with van der Waals surface area (Å²) in [7, 11) is 0. The molecule has 1 aromatic carbocycles. The maximum absolute atomic E-state index is 10.9. The van der Waals surface area contributed by atoms with Gasteiger partial charge >= 0.3 is 0 Å². The van der Waals surface area contributed by atoms with Crippen molar-refractivity contribution in [1.82, 2.24) is 0 Å². The van der Waals surface area contributed by atoms with E-state index in [0.29, 0.717) is 16.3 Å². The topological polar surface area (TPSA) is 43.1 Å². The summed E-state index contributed by atoms with van der Waals surface area (Å²) in [6, 6.07) is 4.85. The number of ketones is 1. The van der Waals surface area contributed by atoms with Gasteiger partial charge in [-0.25, -0.2) is 0 Å². The molecule has 0 saturated heterocycles.